The van der Waals surface area contributed by atoms with E-state index in [0.29, 0.717) is 5.56 Å². The summed E-state index contributed by atoms with van der Waals surface area (Å²) in [7, 11) is 0. The number of furan rings is 1. The molecule has 1 heterocycles. The number of nitrogens with two attached hydrogens (primary N) is 1. The van der Waals surface area contributed by atoms with Crippen molar-refractivity contribution in [2.75, 3.05) is 0 Å². The van der Waals surface area contributed by atoms with Crippen LogP contribution in [0.4, 0.5) is 0 Å². The molecule has 0 radical (unpaired) electrons. The molecule has 2 N–H and O–H groups in total. The van der Waals surface area contributed by atoms with Gasteiger partial charge in [-0.15, -0.1) is 0 Å². The summed E-state index contributed by atoms with van der Waals surface area (Å²) >= 11 is 0. The van der Waals surface area contributed by atoms with Crippen molar-refractivity contribution in [2.24, 2.45) is 5.73 Å². The van der Waals surface area contributed by atoms with Gasteiger partial charge in [-0.25, -0.2) is 0 Å². The van der Waals surface area contributed by atoms with Crippen molar-refractivity contribution in [1.82, 2.24) is 0 Å². The Bertz CT molecular complexity index is 569. The van der Waals surface area contributed by atoms with Gasteiger partial charge < -0.3 is 10.2 Å². The van der Waals surface area contributed by atoms with E-state index in [1.807, 2.05) is 12.1 Å². The predicted octanol–water partition coefficient (Wildman–Crippen LogP) is 2.41. The summed E-state index contributed by atoms with van der Waals surface area (Å²) in [5.41, 5.74) is 7.98. The van der Waals surface area contributed by atoms with Gasteiger partial charge in [-0.3, -0.25) is 4.79 Å². The first-order valence-electron chi connectivity index (χ1n) is 5.60. The summed E-state index contributed by atoms with van der Waals surface area (Å²) in [6, 6.07) is 5.42. The monoisotopic (exact) mass is 215 g/mol. The maximum absolute atomic E-state index is 11.1. The number of aryl methyl sites for hydroxylation is 2. The van der Waals surface area contributed by atoms with Crippen LogP contribution in [0.3, 0.4) is 0 Å². The number of carbonyl (C=O) groups is 1. The van der Waals surface area contributed by atoms with Crippen LogP contribution >= 0.6 is 0 Å². The number of hydrogen-bond donors (Lipinski definition) is 1. The molecule has 82 valence electrons. The number of hydrogen-bond acceptors (Lipinski definition) is 2. The highest BCUT2D eigenvalue weighted by atomic mass is 16.3. The maximum atomic E-state index is 11.1. The molecule has 1 aromatic heterocycles. The number of primary amides is 1. The minimum absolute atomic E-state index is 0.382. The molecule has 3 heteroatoms. The Kier molecular flexibility index (Phi) is 1.99. The first kappa shape index (κ1) is 9.46. The lowest BCUT2D eigenvalue weighted by Crippen LogP contribution is -2.10. The second kappa shape index (κ2) is 3.37. The molecule has 1 aliphatic rings. The number of carbonyl (C=O) groups excluding carboxylic acids is 1. The van der Waals surface area contributed by atoms with Gasteiger partial charge in [0.25, 0.3) is 0 Å². The smallest absolute Gasteiger partial charge is 0.248 e. The molecule has 3 rings (SSSR count). The summed E-state index contributed by atoms with van der Waals surface area (Å²) in [5.74, 6) is 0.704. The Morgan fingerprint density at radius 2 is 2.06 bits per heavy atom. The highest BCUT2D eigenvalue weighted by Gasteiger charge is 2.18. The fourth-order valence-electron chi connectivity index (χ4n) is 2.42. The van der Waals surface area contributed by atoms with Gasteiger partial charge in [-0.1, -0.05) is 0 Å². The van der Waals surface area contributed by atoms with E-state index in [0.717, 1.165) is 29.6 Å². The van der Waals surface area contributed by atoms with Gasteiger partial charge in [-0.05, 0) is 37.5 Å². The van der Waals surface area contributed by atoms with E-state index < -0.39 is 0 Å². The minimum Gasteiger partial charge on any atom is -0.461 e. The SMILES string of the molecule is NC(=O)c1ccc2oc3c(c2c1)CCCC3. The Morgan fingerprint density at radius 3 is 2.88 bits per heavy atom. The zero-order valence-electron chi connectivity index (χ0n) is 8.95. The van der Waals surface area contributed by atoms with Crippen LogP contribution in [0.15, 0.2) is 22.6 Å². The number of fused-ring (bicyclic) bond motifs is 3. The van der Waals surface area contributed by atoms with Gasteiger partial charge in [0.05, 0.1) is 0 Å². The molecule has 1 amide bonds. The third-order valence-corrected chi connectivity index (χ3v) is 3.24. The molecule has 1 aliphatic carbocycles. The molecule has 0 saturated carbocycles. The molecular formula is C13H13NO2. The van der Waals surface area contributed by atoms with Crippen LogP contribution in [0.25, 0.3) is 11.0 Å². The number of amides is 1. The average Bonchev–Trinajstić information content (AvgIpc) is 2.66. The standard InChI is InChI=1S/C13H13NO2/c14-13(15)8-5-6-12-10(7-8)9-3-1-2-4-11(9)16-12/h5-7H,1-4H2,(H2,14,15). The normalized spacial score (nSPS) is 15.0. The summed E-state index contributed by atoms with van der Waals surface area (Å²) in [6.07, 6.45) is 4.44. The van der Waals surface area contributed by atoms with Crippen molar-refractivity contribution in [1.29, 1.82) is 0 Å². The maximum Gasteiger partial charge on any atom is 0.248 e. The third-order valence-electron chi connectivity index (χ3n) is 3.24. The van der Waals surface area contributed by atoms with Crippen molar-refractivity contribution in [3.8, 4) is 0 Å². The molecule has 0 atom stereocenters. The molecular weight excluding hydrogens is 202 g/mol. The molecule has 0 saturated heterocycles. The lowest BCUT2D eigenvalue weighted by molar-refractivity contribution is 0.100. The summed E-state index contributed by atoms with van der Waals surface area (Å²) in [5, 5.41) is 1.06. The number of rotatable bonds is 1. The lowest BCUT2D eigenvalue weighted by atomic mass is 9.95. The van der Waals surface area contributed by atoms with Crippen LogP contribution in [0, 0.1) is 0 Å². The second-order valence-corrected chi connectivity index (χ2v) is 4.29. The fourth-order valence-corrected chi connectivity index (χ4v) is 2.42. The first-order chi connectivity index (χ1) is 7.75. The average molecular weight is 215 g/mol. The van der Waals surface area contributed by atoms with E-state index in [2.05, 4.69) is 0 Å². The van der Waals surface area contributed by atoms with Crippen LogP contribution in [0.2, 0.25) is 0 Å². The molecule has 3 nitrogen and oxygen atoms in total. The molecule has 0 bridgehead atoms. The minimum atomic E-state index is -0.382. The zero-order chi connectivity index (χ0) is 11.1. The van der Waals surface area contributed by atoms with E-state index in [1.54, 1.807) is 6.07 Å². The fraction of sp³-hybridized carbons (Fsp3) is 0.308. The van der Waals surface area contributed by atoms with Gasteiger partial charge in [0.15, 0.2) is 0 Å². The topological polar surface area (TPSA) is 56.2 Å². The summed E-state index contributed by atoms with van der Waals surface area (Å²) in [6.45, 7) is 0. The van der Waals surface area contributed by atoms with Crippen molar-refractivity contribution < 1.29 is 9.21 Å². The van der Waals surface area contributed by atoms with Crippen molar-refractivity contribution >= 4 is 16.9 Å². The van der Waals surface area contributed by atoms with Gasteiger partial charge in [0, 0.05) is 22.9 Å². The molecule has 16 heavy (non-hydrogen) atoms. The predicted molar refractivity (Wildman–Crippen MR) is 61.4 cm³/mol. The van der Waals surface area contributed by atoms with Gasteiger partial charge >= 0.3 is 0 Å². The summed E-state index contributed by atoms with van der Waals surface area (Å²) < 4.78 is 5.77. The lowest BCUT2D eigenvalue weighted by Gasteiger charge is -2.08. The van der Waals surface area contributed by atoms with Gasteiger partial charge in [0.1, 0.15) is 11.3 Å². The Morgan fingerprint density at radius 1 is 1.25 bits per heavy atom. The van der Waals surface area contributed by atoms with E-state index in [4.69, 9.17) is 10.2 Å². The second-order valence-electron chi connectivity index (χ2n) is 4.29. The molecule has 1 aromatic carbocycles. The number of benzene rings is 1. The van der Waals surface area contributed by atoms with E-state index in [1.165, 1.54) is 18.4 Å². The van der Waals surface area contributed by atoms with Gasteiger partial charge in [-0.2, -0.15) is 0 Å². The quantitative estimate of drug-likeness (QED) is 0.794. The molecule has 0 fully saturated rings. The van der Waals surface area contributed by atoms with Crippen molar-refractivity contribution in [3.05, 3.63) is 35.1 Å². The molecule has 0 spiro atoms. The van der Waals surface area contributed by atoms with Crippen LogP contribution in [-0.4, -0.2) is 5.91 Å². The zero-order valence-corrected chi connectivity index (χ0v) is 8.95. The Hall–Kier alpha value is -1.77. The first-order valence-corrected chi connectivity index (χ1v) is 5.60. The van der Waals surface area contributed by atoms with Crippen LogP contribution in [0.1, 0.15) is 34.5 Å². The molecule has 2 aromatic rings. The summed E-state index contributed by atoms with van der Waals surface area (Å²) in [4.78, 5) is 11.1. The third kappa shape index (κ3) is 1.32. The van der Waals surface area contributed by atoms with Gasteiger partial charge in [0.2, 0.25) is 5.91 Å². The van der Waals surface area contributed by atoms with Crippen LogP contribution in [0.5, 0.6) is 0 Å². The highest BCUT2D eigenvalue weighted by molar-refractivity contribution is 5.97. The van der Waals surface area contributed by atoms with Crippen molar-refractivity contribution in [3.63, 3.8) is 0 Å². The van der Waals surface area contributed by atoms with Crippen LogP contribution in [-0.2, 0) is 12.8 Å². The largest absolute Gasteiger partial charge is 0.461 e. The van der Waals surface area contributed by atoms with E-state index in [9.17, 15) is 4.79 Å². The molecule has 0 aliphatic heterocycles. The van der Waals surface area contributed by atoms with E-state index in [-0.39, 0.29) is 5.91 Å². The van der Waals surface area contributed by atoms with Crippen molar-refractivity contribution in [2.45, 2.75) is 25.7 Å². The Labute approximate surface area is 93.2 Å². The molecule has 0 unspecified atom stereocenters. The van der Waals surface area contributed by atoms with E-state index >= 15 is 0 Å². The van der Waals surface area contributed by atoms with Crippen LogP contribution < -0.4 is 5.73 Å². The Balaban J connectivity index is 2.25. The highest BCUT2D eigenvalue weighted by Crippen LogP contribution is 2.32.